The zero-order valence-electron chi connectivity index (χ0n) is 10.4. The minimum atomic E-state index is 0.248. The lowest BCUT2D eigenvalue weighted by Crippen LogP contribution is -2.27. The molecule has 92 valence electrons. The first-order valence-corrected chi connectivity index (χ1v) is 6.48. The van der Waals surface area contributed by atoms with E-state index in [9.17, 15) is 0 Å². The van der Waals surface area contributed by atoms with E-state index in [-0.39, 0.29) is 6.04 Å². The molecule has 1 atom stereocenters. The van der Waals surface area contributed by atoms with Crippen LogP contribution in [0.4, 0.5) is 0 Å². The molecule has 0 fully saturated rings. The lowest BCUT2D eigenvalue weighted by Gasteiger charge is -2.23. The van der Waals surface area contributed by atoms with Gasteiger partial charge in [-0.1, -0.05) is 15.9 Å². The van der Waals surface area contributed by atoms with Crippen molar-refractivity contribution in [3.63, 3.8) is 0 Å². The van der Waals surface area contributed by atoms with Gasteiger partial charge in [-0.25, -0.2) is 0 Å². The lowest BCUT2D eigenvalue weighted by atomic mass is 10.0. The van der Waals surface area contributed by atoms with Crippen LogP contribution in [0.3, 0.4) is 0 Å². The summed E-state index contributed by atoms with van der Waals surface area (Å²) in [5, 5.41) is 1.25. The van der Waals surface area contributed by atoms with Crippen LogP contribution in [0, 0.1) is 6.92 Å². The highest BCUT2D eigenvalue weighted by Crippen LogP contribution is 2.31. The number of hydrogen-bond acceptors (Lipinski definition) is 2. The zero-order valence-corrected chi connectivity index (χ0v) is 12.0. The molecule has 3 N–H and O–H groups in total. The van der Waals surface area contributed by atoms with Crippen molar-refractivity contribution in [3.8, 4) is 0 Å². The van der Waals surface area contributed by atoms with Gasteiger partial charge < -0.3 is 15.6 Å². The number of nitrogens with zero attached hydrogens (tertiary/aromatic N) is 1. The van der Waals surface area contributed by atoms with Gasteiger partial charge >= 0.3 is 0 Å². The number of likely N-dealkylation sites (N-methyl/N-ethyl adjacent to an activating group) is 1. The minimum absolute atomic E-state index is 0.248. The molecule has 0 saturated heterocycles. The Morgan fingerprint density at radius 2 is 2.12 bits per heavy atom. The van der Waals surface area contributed by atoms with Gasteiger partial charge in [0.05, 0.1) is 0 Å². The number of nitrogens with one attached hydrogen (secondary N) is 1. The fraction of sp³-hybridized carbons (Fsp3) is 0.385. The summed E-state index contributed by atoms with van der Waals surface area (Å²) in [7, 11) is 4.13. The van der Waals surface area contributed by atoms with E-state index in [4.69, 9.17) is 5.73 Å². The third-order valence-corrected chi connectivity index (χ3v) is 3.67. The van der Waals surface area contributed by atoms with Gasteiger partial charge in [0.25, 0.3) is 0 Å². The summed E-state index contributed by atoms with van der Waals surface area (Å²) in [5.41, 5.74) is 9.56. The van der Waals surface area contributed by atoms with Crippen LogP contribution in [0.25, 0.3) is 10.9 Å². The van der Waals surface area contributed by atoms with Crippen molar-refractivity contribution in [1.29, 1.82) is 0 Å². The predicted octanol–water partition coefficient (Wildman–Crippen LogP) is 2.80. The van der Waals surface area contributed by atoms with Crippen molar-refractivity contribution < 1.29 is 0 Å². The topological polar surface area (TPSA) is 45.1 Å². The van der Waals surface area contributed by atoms with Crippen molar-refractivity contribution in [2.45, 2.75) is 13.0 Å². The van der Waals surface area contributed by atoms with Crippen LogP contribution >= 0.6 is 15.9 Å². The lowest BCUT2D eigenvalue weighted by molar-refractivity contribution is 0.307. The predicted molar refractivity (Wildman–Crippen MR) is 76.2 cm³/mol. The highest BCUT2D eigenvalue weighted by atomic mass is 79.9. The van der Waals surface area contributed by atoms with E-state index in [2.05, 4.69) is 65.0 Å². The molecule has 1 aromatic carbocycles. The van der Waals surface area contributed by atoms with Crippen LogP contribution in [0.5, 0.6) is 0 Å². The number of hydrogen-bond donors (Lipinski definition) is 2. The molecule has 0 aliphatic heterocycles. The number of benzene rings is 1. The van der Waals surface area contributed by atoms with Crippen molar-refractivity contribution in [1.82, 2.24) is 9.88 Å². The van der Waals surface area contributed by atoms with Gasteiger partial charge in [0.2, 0.25) is 0 Å². The Balaban J connectivity index is 2.66. The summed E-state index contributed by atoms with van der Waals surface area (Å²) in [6.07, 6.45) is 0. The average molecular weight is 296 g/mol. The molecule has 3 nitrogen and oxygen atoms in total. The Hall–Kier alpha value is -0.840. The second-order valence-corrected chi connectivity index (χ2v) is 5.48. The van der Waals surface area contributed by atoms with Gasteiger partial charge in [0.15, 0.2) is 0 Å². The average Bonchev–Trinajstić information content (AvgIpc) is 2.56. The number of aromatic amines is 1. The van der Waals surface area contributed by atoms with E-state index >= 15 is 0 Å². The van der Waals surface area contributed by atoms with Gasteiger partial charge in [0.1, 0.15) is 0 Å². The molecule has 2 rings (SSSR count). The van der Waals surface area contributed by atoms with Crippen LogP contribution in [-0.2, 0) is 0 Å². The van der Waals surface area contributed by atoms with Gasteiger partial charge in [-0.15, -0.1) is 0 Å². The summed E-state index contributed by atoms with van der Waals surface area (Å²) in [6, 6.07) is 6.55. The first kappa shape index (κ1) is 12.6. The second-order valence-electron chi connectivity index (χ2n) is 4.57. The molecule has 1 aromatic heterocycles. The summed E-state index contributed by atoms with van der Waals surface area (Å²) < 4.78 is 1.10. The molecular weight excluding hydrogens is 278 g/mol. The van der Waals surface area contributed by atoms with Gasteiger partial charge in [-0.3, -0.25) is 0 Å². The fourth-order valence-corrected chi connectivity index (χ4v) is 2.70. The fourth-order valence-electron chi connectivity index (χ4n) is 2.34. The van der Waals surface area contributed by atoms with Gasteiger partial charge in [-0.2, -0.15) is 0 Å². The molecule has 0 spiro atoms. The van der Waals surface area contributed by atoms with E-state index in [1.165, 1.54) is 22.2 Å². The molecule has 1 heterocycles. The van der Waals surface area contributed by atoms with E-state index in [0.717, 1.165) is 4.47 Å². The summed E-state index contributed by atoms with van der Waals surface area (Å²) >= 11 is 3.53. The Kier molecular flexibility index (Phi) is 3.56. The number of rotatable bonds is 3. The molecule has 17 heavy (non-hydrogen) atoms. The molecule has 0 saturated carbocycles. The summed E-state index contributed by atoms with van der Waals surface area (Å²) in [5.74, 6) is 0. The SMILES string of the molecule is Cc1[nH]c2ccc(Br)cc2c1C(CN)N(C)C. The number of aryl methyl sites for hydroxylation is 1. The van der Waals surface area contributed by atoms with E-state index in [0.29, 0.717) is 6.54 Å². The molecule has 1 unspecified atom stereocenters. The zero-order chi connectivity index (χ0) is 12.6. The largest absolute Gasteiger partial charge is 0.358 e. The quantitative estimate of drug-likeness (QED) is 0.915. The molecule has 0 aliphatic carbocycles. The maximum Gasteiger partial charge on any atom is 0.0488 e. The van der Waals surface area contributed by atoms with Crippen LogP contribution in [-0.4, -0.2) is 30.5 Å². The monoisotopic (exact) mass is 295 g/mol. The van der Waals surface area contributed by atoms with Crippen LogP contribution in [0.1, 0.15) is 17.3 Å². The van der Waals surface area contributed by atoms with Crippen molar-refractivity contribution in [3.05, 3.63) is 33.9 Å². The maximum absolute atomic E-state index is 5.90. The minimum Gasteiger partial charge on any atom is -0.358 e. The standard InChI is InChI=1S/C13H18BrN3/c1-8-13(12(7-15)17(2)3)10-6-9(14)4-5-11(10)16-8/h4-6,12,16H,7,15H2,1-3H3. The van der Waals surface area contributed by atoms with Crippen LogP contribution in [0.15, 0.2) is 22.7 Å². The normalized spacial score (nSPS) is 13.5. The van der Waals surface area contributed by atoms with Crippen molar-refractivity contribution in [2.24, 2.45) is 5.73 Å². The molecule has 4 heteroatoms. The Morgan fingerprint density at radius 3 is 2.71 bits per heavy atom. The van der Waals surface area contributed by atoms with E-state index in [1.54, 1.807) is 0 Å². The number of H-pyrrole nitrogens is 1. The summed E-state index contributed by atoms with van der Waals surface area (Å²) in [4.78, 5) is 5.58. The van der Waals surface area contributed by atoms with Crippen molar-refractivity contribution >= 4 is 26.8 Å². The Morgan fingerprint density at radius 1 is 1.41 bits per heavy atom. The van der Waals surface area contributed by atoms with E-state index < -0.39 is 0 Å². The first-order valence-electron chi connectivity index (χ1n) is 5.68. The smallest absolute Gasteiger partial charge is 0.0488 e. The van der Waals surface area contributed by atoms with Crippen LogP contribution in [0.2, 0.25) is 0 Å². The van der Waals surface area contributed by atoms with Crippen LogP contribution < -0.4 is 5.73 Å². The molecular formula is C13H18BrN3. The summed E-state index contributed by atoms with van der Waals surface area (Å²) in [6.45, 7) is 2.72. The second kappa shape index (κ2) is 4.80. The molecule has 0 bridgehead atoms. The van der Waals surface area contributed by atoms with Crippen molar-refractivity contribution in [2.75, 3.05) is 20.6 Å². The first-order chi connectivity index (χ1) is 8.04. The Labute approximate surface area is 110 Å². The third-order valence-electron chi connectivity index (χ3n) is 3.18. The number of fused-ring (bicyclic) bond motifs is 1. The third kappa shape index (κ3) is 2.25. The Bertz CT molecular complexity index is 531. The molecule has 0 radical (unpaired) electrons. The number of aromatic nitrogens is 1. The van der Waals surface area contributed by atoms with Gasteiger partial charge in [-0.05, 0) is 44.8 Å². The molecule has 0 aliphatic rings. The van der Waals surface area contributed by atoms with Gasteiger partial charge in [0, 0.05) is 33.7 Å². The molecule has 2 aromatic rings. The highest BCUT2D eigenvalue weighted by Gasteiger charge is 2.19. The number of nitrogens with two attached hydrogens (primary N) is 1. The van der Waals surface area contributed by atoms with E-state index in [1.807, 2.05) is 0 Å². The molecule has 0 amide bonds. The highest BCUT2D eigenvalue weighted by molar-refractivity contribution is 9.10. The maximum atomic E-state index is 5.90. The number of halogens is 1.